The Kier molecular flexibility index (Phi) is 4.33. The van der Waals surface area contributed by atoms with Crippen molar-refractivity contribution >= 4 is 34.0 Å². The lowest BCUT2D eigenvalue weighted by molar-refractivity contribution is -0.125. The second kappa shape index (κ2) is 6.81. The van der Waals surface area contributed by atoms with E-state index >= 15 is 0 Å². The molecule has 27 heavy (non-hydrogen) atoms. The third-order valence-electron chi connectivity index (χ3n) is 4.27. The number of benzene rings is 1. The lowest BCUT2D eigenvalue weighted by Crippen LogP contribution is -2.41. The van der Waals surface area contributed by atoms with Gasteiger partial charge >= 0.3 is 0 Å². The summed E-state index contributed by atoms with van der Waals surface area (Å²) in [6, 6.07) is 8.86. The highest BCUT2D eigenvalue weighted by Crippen LogP contribution is 2.37. The topological polar surface area (TPSA) is 84.4 Å². The Morgan fingerprint density at radius 1 is 1.26 bits per heavy atom. The quantitative estimate of drug-likeness (QED) is 0.754. The van der Waals surface area contributed by atoms with Crippen LogP contribution in [0, 0.1) is 0 Å². The molecule has 0 aliphatic carbocycles. The van der Waals surface area contributed by atoms with Gasteiger partial charge in [-0.2, -0.15) is 0 Å². The average molecular weight is 380 g/mol. The highest BCUT2D eigenvalue weighted by Gasteiger charge is 2.29. The number of rotatable bonds is 3. The monoisotopic (exact) mass is 380 g/mol. The van der Waals surface area contributed by atoms with E-state index in [1.165, 1.54) is 11.3 Å². The van der Waals surface area contributed by atoms with Crippen molar-refractivity contribution in [3.8, 4) is 17.0 Å². The maximum absolute atomic E-state index is 12.2. The number of pyridine rings is 1. The molecule has 0 saturated heterocycles. The van der Waals surface area contributed by atoms with Crippen LogP contribution in [-0.4, -0.2) is 34.9 Å². The van der Waals surface area contributed by atoms with E-state index in [0.717, 1.165) is 5.56 Å². The first-order valence-electron chi connectivity index (χ1n) is 8.28. The summed E-state index contributed by atoms with van der Waals surface area (Å²) in [7, 11) is 1.73. The molecule has 3 heterocycles. The van der Waals surface area contributed by atoms with Crippen LogP contribution in [0.4, 0.5) is 10.8 Å². The van der Waals surface area contributed by atoms with Crippen LogP contribution >= 0.6 is 11.3 Å². The SMILES string of the molecule is CC1Oc2ccc(-c3csc(NC(=O)c4ccncc4)n3)cc2N(C)C1=O. The average Bonchev–Trinajstić information content (AvgIpc) is 3.15. The third-order valence-corrected chi connectivity index (χ3v) is 5.02. The smallest absolute Gasteiger partial charge is 0.267 e. The summed E-state index contributed by atoms with van der Waals surface area (Å²) >= 11 is 1.34. The molecule has 0 saturated carbocycles. The summed E-state index contributed by atoms with van der Waals surface area (Å²) in [5, 5.41) is 5.14. The van der Waals surface area contributed by atoms with Crippen molar-refractivity contribution < 1.29 is 14.3 Å². The van der Waals surface area contributed by atoms with Gasteiger partial charge in [0.25, 0.3) is 11.8 Å². The number of thiazole rings is 1. The molecule has 1 N–H and O–H groups in total. The Labute approximate surface area is 159 Å². The van der Waals surface area contributed by atoms with Crippen LogP contribution in [0.5, 0.6) is 5.75 Å². The molecule has 2 amide bonds. The molecule has 0 fully saturated rings. The first-order valence-corrected chi connectivity index (χ1v) is 9.16. The van der Waals surface area contributed by atoms with Crippen LogP contribution in [0.1, 0.15) is 17.3 Å². The Balaban J connectivity index is 1.57. The van der Waals surface area contributed by atoms with Crippen molar-refractivity contribution in [2.75, 3.05) is 17.3 Å². The lowest BCUT2D eigenvalue weighted by Gasteiger charge is -2.30. The van der Waals surface area contributed by atoms with Crippen LogP contribution in [0.15, 0.2) is 48.1 Å². The van der Waals surface area contributed by atoms with Crippen molar-refractivity contribution in [2.45, 2.75) is 13.0 Å². The molecular weight excluding hydrogens is 364 g/mol. The minimum Gasteiger partial charge on any atom is -0.479 e. The largest absolute Gasteiger partial charge is 0.479 e. The van der Waals surface area contributed by atoms with Gasteiger partial charge in [0, 0.05) is 35.9 Å². The summed E-state index contributed by atoms with van der Waals surface area (Å²) < 4.78 is 5.64. The van der Waals surface area contributed by atoms with Gasteiger partial charge in [0.1, 0.15) is 5.75 Å². The van der Waals surface area contributed by atoms with Gasteiger partial charge in [-0.15, -0.1) is 11.3 Å². The Morgan fingerprint density at radius 2 is 2.04 bits per heavy atom. The normalized spacial score (nSPS) is 15.9. The molecule has 1 aromatic carbocycles. The number of likely N-dealkylation sites (N-methyl/N-ethyl adjacent to an activating group) is 1. The number of carbonyl (C=O) groups excluding carboxylic acids is 2. The number of nitrogens with zero attached hydrogens (tertiary/aromatic N) is 3. The zero-order chi connectivity index (χ0) is 19.0. The van der Waals surface area contributed by atoms with E-state index in [2.05, 4.69) is 15.3 Å². The summed E-state index contributed by atoms with van der Waals surface area (Å²) in [4.78, 5) is 34.3. The fraction of sp³-hybridized carbons (Fsp3) is 0.158. The summed E-state index contributed by atoms with van der Waals surface area (Å²) in [6.45, 7) is 1.73. The van der Waals surface area contributed by atoms with Crippen LogP contribution < -0.4 is 15.0 Å². The molecule has 1 unspecified atom stereocenters. The predicted molar refractivity (Wildman–Crippen MR) is 103 cm³/mol. The molecule has 1 aliphatic heterocycles. The standard InChI is InChI=1S/C19H16N4O3S/c1-11-18(25)23(2)15-9-13(3-4-16(15)26-11)14-10-27-19(21-14)22-17(24)12-5-7-20-8-6-12/h3-11H,1-2H3,(H,21,22,24). The molecule has 0 radical (unpaired) electrons. The van der Waals surface area contributed by atoms with Crippen molar-refractivity contribution in [2.24, 2.45) is 0 Å². The van der Waals surface area contributed by atoms with Crippen LogP contribution in [-0.2, 0) is 4.79 Å². The Morgan fingerprint density at radius 3 is 2.81 bits per heavy atom. The maximum Gasteiger partial charge on any atom is 0.267 e. The zero-order valence-electron chi connectivity index (χ0n) is 14.7. The van der Waals surface area contributed by atoms with Gasteiger partial charge in [-0.3, -0.25) is 19.9 Å². The van der Waals surface area contributed by atoms with E-state index in [0.29, 0.717) is 27.8 Å². The minimum absolute atomic E-state index is 0.0942. The van der Waals surface area contributed by atoms with Crippen molar-refractivity contribution in [3.05, 3.63) is 53.7 Å². The molecule has 1 aliphatic rings. The van der Waals surface area contributed by atoms with E-state index in [4.69, 9.17) is 4.74 Å². The molecule has 0 spiro atoms. The Bertz CT molecular complexity index is 1020. The second-order valence-corrected chi connectivity index (χ2v) is 6.93. The second-order valence-electron chi connectivity index (χ2n) is 6.07. The van der Waals surface area contributed by atoms with Crippen molar-refractivity contribution in [1.29, 1.82) is 0 Å². The number of anilines is 2. The number of aromatic nitrogens is 2. The van der Waals surface area contributed by atoms with Gasteiger partial charge in [0.2, 0.25) is 0 Å². The number of fused-ring (bicyclic) bond motifs is 1. The fourth-order valence-electron chi connectivity index (χ4n) is 2.81. The van der Waals surface area contributed by atoms with E-state index in [9.17, 15) is 9.59 Å². The highest BCUT2D eigenvalue weighted by atomic mass is 32.1. The van der Waals surface area contributed by atoms with Crippen LogP contribution in [0.2, 0.25) is 0 Å². The first-order chi connectivity index (χ1) is 13.0. The number of hydrogen-bond acceptors (Lipinski definition) is 6. The molecule has 1 atom stereocenters. The molecular formula is C19H16N4O3S. The number of amides is 2. The maximum atomic E-state index is 12.2. The van der Waals surface area contributed by atoms with Crippen LogP contribution in [0.3, 0.4) is 0 Å². The summed E-state index contributed by atoms with van der Waals surface area (Å²) in [6.07, 6.45) is 2.63. The van der Waals surface area contributed by atoms with Crippen molar-refractivity contribution in [1.82, 2.24) is 9.97 Å². The van der Waals surface area contributed by atoms with E-state index < -0.39 is 6.10 Å². The van der Waals surface area contributed by atoms with E-state index in [1.807, 2.05) is 23.6 Å². The number of carbonyl (C=O) groups is 2. The van der Waals surface area contributed by atoms with Gasteiger partial charge in [0.05, 0.1) is 11.4 Å². The molecule has 136 valence electrons. The zero-order valence-corrected chi connectivity index (χ0v) is 15.5. The van der Waals surface area contributed by atoms with Gasteiger partial charge < -0.3 is 9.64 Å². The number of ether oxygens (including phenoxy) is 1. The Hall–Kier alpha value is -3.26. The first kappa shape index (κ1) is 17.2. The molecule has 3 aromatic rings. The highest BCUT2D eigenvalue weighted by molar-refractivity contribution is 7.14. The van der Waals surface area contributed by atoms with Gasteiger partial charge in [-0.05, 0) is 37.3 Å². The van der Waals surface area contributed by atoms with Gasteiger partial charge in [-0.1, -0.05) is 0 Å². The minimum atomic E-state index is -0.498. The molecule has 4 rings (SSSR count). The molecule has 2 aromatic heterocycles. The van der Waals surface area contributed by atoms with Gasteiger partial charge in [-0.25, -0.2) is 4.98 Å². The number of hydrogen-bond donors (Lipinski definition) is 1. The van der Waals surface area contributed by atoms with Crippen molar-refractivity contribution in [3.63, 3.8) is 0 Å². The van der Waals surface area contributed by atoms with Crippen LogP contribution in [0.25, 0.3) is 11.3 Å². The summed E-state index contributed by atoms with van der Waals surface area (Å²) in [5.74, 6) is 0.328. The summed E-state index contributed by atoms with van der Waals surface area (Å²) in [5.41, 5.74) is 2.77. The van der Waals surface area contributed by atoms with Gasteiger partial charge in [0.15, 0.2) is 11.2 Å². The number of nitrogens with one attached hydrogen (secondary N) is 1. The third kappa shape index (κ3) is 3.26. The molecule has 0 bridgehead atoms. The molecule has 7 nitrogen and oxygen atoms in total. The predicted octanol–water partition coefficient (Wildman–Crippen LogP) is 3.20. The fourth-order valence-corrected chi connectivity index (χ4v) is 3.52. The lowest BCUT2D eigenvalue weighted by atomic mass is 10.1. The molecule has 8 heteroatoms. The van der Waals surface area contributed by atoms with E-state index in [-0.39, 0.29) is 11.8 Å². The van der Waals surface area contributed by atoms with E-state index in [1.54, 1.807) is 43.4 Å².